The molecule has 2 atom stereocenters. The third-order valence-corrected chi connectivity index (χ3v) is 4.18. The van der Waals surface area contributed by atoms with Crippen molar-refractivity contribution in [3.05, 3.63) is 60.1 Å². The van der Waals surface area contributed by atoms with Gasteiger partial charge in [-0.05, 0) is 17.7 Å². The minimum atomic E-state index is -0.199. The molecule has 1 saturated heterocycles. The van der Waals surface area contributed by atoms with Crippen molar-refractivity contribution in [3.63, 3.8) is 0 Å². The van der Waals surface area contributed by atoms with Gasteiger partial charge in [-0.15, -0.1) is 5.10 Å². The Hall–Kier alpha value is -2.97. The van der Waals surface area contributed by atoms with E-state index in [0.29, 0.717) is 24.0 Å². The molecule has 3 aromatic rings. The molecule has 4 N–H and O–H groups in total. The summed E-state index contributed by atoms with van der Waals surface area (Å²) in [6, 6.07) is 13.4. The average molecular weight is 338 g/mol. The topological polar surface area (TPSA) is 108 Å². The first kappa shape index (κ1) is 15.6. The van der Waals surface area contributed by atoms with Crippen LogP contribution in [0.5, 0.6) is 0 Å². The van der Waals surface area contributed by atoms with Crippen LogP contribution in [0.3, 0.4) is 0 Å². The molecule has 0 radical (unpaired) electrons. The molecule has 1 amide bonds. The lowest BCUT2D eigenvalue weighted by Gasteiger charge is -2.18. The van der Waals surface area contributed by atoms with Gasteiger partial charge in [0.15, 0.2) is 5.76 Å². The lowest BCUT2D eigenvalue weighted by Crippen LogP contribution is -2.34. The second-order valence-electron chi connectivity index (χ2n) is 5.82. The van der Waals surface area contributed by atoms with E-state index in [9.17, 15) is 4.79 Å². The third kappa shape index (κ3) is 3.30. The second-order valence-corrected chi connectivity index (χ2v) is 5.82. The summed E-state index contributed by atoms with van der Waals surface area (Å²) in [6.07, 6.45) is 1.57. The third-order valence-electron chi connectivity index (χ3n) is 4.18. The van der Waals surface area contributed by atoms with E-state index in [1.54, 1.807) is 18.4 Å². The first-order valence-corrected chi connectivity index (χ1v) is 8.07. The summed E-state index contributed by atoms with van der Waals surface area (Å²) in [5.41, 5.74) is 7.31. The molecule has 4 rings (SSSR count). The van der Waals surface area contributed by atoms with Gasteiger partial charge < -0.3 is 9.73 Å². The van der Waals surface area contributed by atoms with Crippen LogP contribution in [-0.4, -0.2) is 27.6 Å². The number of carbonyl (C=O) groups excluding carboxylic acids is 1. The summed E-state index contributed by atoms with van der Waals surface area (Å²) in [4.78, 5) is 16.9. The van der Waals surface area contributed by atoms with Crippen LogP contribution in [0.1, 0.15) is 17.4 Å². The lowest BCUT2D eigenvalue weighted by molar-refractivity contribution is -0.125. The summed E-state index contributed by atoms with van der Waals surface area (Å²) in [5.74, 6) is 1.40. The molecule has 0 saturated carbocycles. The number of hydrogen-bond acceptors (Lipinski definition) is 6. The van der Waals surface area contributed by atoms with Crippen LogP contribution in [0.2, 0.25) is 0 Å². The summed E-state index contributed by atoms with van der Waals surface area (Å²) < 4.78 is 5.25. The SMILES string of the molecule is O=C(NCc1nc(-c2ccco2)n[nH]1)C1CNNC1c1ccccc1. The Bertz CT molecular complexity index is 830. The Morgan fingerprint density at radius 3 is 2.92 bits per heavy atom. The van der Waals surface area contributed by atoms with Gasteiger partial charge in [0, 0.05) is 6.54 Å². The Balaban J connectivity index is 1.39. The van der Waals surface area contributed by atoms with Gasteiger partial charge in [0.2, 0.25) is 11.7 Å². The molecule has 0 bridgehead atoms. The smallest absolute Gasteiger partial charge is 0.226 e. The van der Waals surface area contributed by atoms with E-state index in [1.807, 2.05) is 30.3 Å². The van der Waals surface area contributed by atoms with E-state index in [1.165, 1.54) is 0 Å². The predicted octanol–water partition coefficient (Wildman–Crippen LogP) is 1.15. The van der Waals surface area contributed by atoms with Crippen molar-refractivity contribution in [2.45, 2.75) is 12.6 Å². The van der Waals surface area contributed by atoms with Crippen molar-refractivity contribution in [2.24, 2.45) is 5.92 Å². The van der Waals surface area contributed by atoms with Crippen molar-refractivity contribution in [3.8, 4) is 11.6 Å². The van der Waals surface area contributed by atoms with Gasteiger partial charge in [0.25, 0.3) is 0 Å². The molecular weight excluding hydrogens is 320 g/mol. The Morgan fingerprint density at radius 2 is 2.12 bits per heavy atom. The number of benzene rings is 1. The maximum absolute atomic E-state index is 12.6. The van der Waals surface area contributed by atoms with Crippen LogP contribution >= 0.6 is 0 Å². The van der Waals surface area contributed by atoms with Gasteiger partial charge in [0.05, 0.1) is 24.8 Å². The highest BCUT2D eigenvalue weighted by Gasteiger charge is 2.33. The Labute approximate surface area is 144 Å². The molecule has 1 aliphatic heterocycles. The van der Waals surface area contributed by atoms with Crippen molar-refractivity contribution in [2.75, 3.05) is 6.54 Å². The molecule has 128 valence electrons. The van der Waals surface area contributed by atoms with Gasteiger partial charge >= 0.3 is 0 Å². The maximum atomic E-state index is 12.6. The first-order chi connectivity index (χ1) is 12.3. The van der Waals surface area contributed by atoms with Gasteiger partial charge in [-0.2, -0.15) is 0 Å². The fourth-order valence-corrected chi connectivity index (χ4v) is 2.91. The van der Waals surface area contributed by atoms with Crippen molar-refractivity contribution in [1.29, 1.82) is 0 Å². The number of hydrazine groups is 1. The minimum absolute atomic E-state index is 0.0395. The first-order valence-electron chi connectivity index (χ1n) is 8.07. The highest BCUT2D eigenvalue weighted by Crippen LogP contribution is 2.24. The lowest BCUT2D eigenvalue weighted by atomic mass is 9.94. The number of carbonyl (C=O) groups is 1. The van der Waals surface area contributed by atoms with Gasteiger partial charge in [-0.3, -0.25) is 15.3 Å². The van der Waals surface area contributed by atoms with Crippen LogP contribution in [0, 0.1) is 5.92 Å². The number of H-pyrrole nitrogens is 1. The van der Waals surface area contributed by atoms with Crippen LogP contribution in [0.4, 0.5) is 0 Å². The highest BCUT2D eigenvalue weighted by molar-refractivity contribution is 5.80. The number of nitrogens with one attached hydrogen (secondary N) is 4. The summed E-state index contributed by atoms with van der Waals surface area (Å²) in [5, 5.41) is 9.82. The monoisotopic (exact) mass is 338 g/mol. The Kier molecular flexibility index (Phi) is 4.28. The zero-order valence-electron chi connectivity index (χ0n) is 13.4. The van der Waals surface area contributed by atoms with E-state index < -0.39 is 0 Å². The number of amides is 1. The molecule has 8 nitrogen and oxygen atoms in total. The summed E-state index contributed by atoms with van der Waals surface area (Å²) >= 11 is 0. The van der Waals surface area contributed by atoms with Crippen molar-refractivity contribution >= 4 is 5.91 Å². The molecule has 0 aliphatic carbocycles. The predicted molar refractivity (Wildman–Crippen MR) is 89.7 cm³/mol. The second kappa shape index (κ2) is 6.88. The fraction of sp³-hybridized carbons (Fsp3) is 0.235. The number of hydrogen-bond donors (Lipinski definition) is 4. The molecule has 1 aliphatic rings. The van der Waals surface area contributed by atoms with Crippen molar-refractivity contribution in [1.82, 2.24) is 31.3 Å². The van der Waals surface area contributed by atoms with Crippen molar-refractivity contribution < 1.29 is 9.21 Å². The summed E-state index contributed by atoms with van der Waals surface area (Å²) in [7, 11) is 0. The largest absolute Gasteiger partial charge is 0.461 e. The number of aromatic nitrogens is 3. The highest BCUT2D eigenvalue weighted by atomic mass is 16.3. The quantitative estimate of drug-likeness (QED) is 0.556. The zero-order chi connectivity index (χ0) is 17.1. The van der Waals surface area contributed by atoms with Gasteiger partial charge in [0.1, 0.15) is 5.82 Å². The van der Waals surface area contributed by atoms with Gasteiger partial charge in [-0.25, -0.2) is 10.4 Å². The zero-order valence-corrected chi connectivity index (χ0v) is 13.4. The van der Waals surface area contributed by atoms with E-state index >= 15 is 0 Å². The number of aromatic amines is 1. The number of rotatable bonds is 5. The van der Waals surface area contributed by atoms with Crippen LogP contribution in [0.15, 0.2) is 53.1 Å². The molecule has 0 spiro atoms. The van der Waals surface area contributed by atoms with Crippen LogP contribution in [0.25, 0.3) is 11.6 Å². The molecule has 8 heteroatoms. The average Bonchev–Trinajstić information content (AvgIpc) is 3.41. The van der Waals surface area contributed by atoms with E-state index in [0.717, 1.165) is 5.56 Å². The number of furan rings is 1. The molecule has 25 heavy (non-hydrogen) atoms. The molecule has 2 aromatic heterocycles. The van der Waals surface area contributed by atoms with E-state index in [2.05, 4.69) is 31.3 Å². The normalized spacial score (nSPS) is 19.8. The van der Waals surface area contributed by atoms with Gasteiger partial charge in [-0.1, -0.05) is 30.3 Å². The Morgan fingerprint density at radius 1 is 1.24 bits per heavy atom. The molecule has 1 aromatic carbocycles. The minimum Gasteiger partial charge on any atom is -0.461 e. The molecular formula is C17H18N6O2. The van der Waals surface area contributed by atoms with Crippen LogP contribution < -0.4 is 16.2 Å². The standard InChI is InChI=1S/C17H18N6O2/c24-17(12-9-19-22-15(12)11-5-2-1-3-6-11)18-10-14-20-16(23-21-14)13-7-4-8-25-13/h1-8,12,15,19,22H,9-10H2,(H,18,24)(H,20,21,23). The molecule has 3 heterocycles. The summed E-state index contributed by atoms with van der Waals surface area (Å²) in [6.45, 7) is 0.851. The molecule has 1 fully saturated rings. The van der Waals surface area contributed by atoms with E-state index in [4.69, 9.17) is 4.42 Å². The van der Waals surface area contributed by atoms with Crippen LogP contribution in [-0.2, 0) is 11.3 Å². The maximum Gasteiger partial charge on any atom is 0.226 e. The number of nitrogens with zero attached hydrogens (tertiary/aromatic N) is 2. The fourth-order valence-electron chi connectivity index (χ4n) is 2.91. The molecule has 2 unspecified atom stereocenters. The van der Waals surface area contributed by atoms with E-state index in [-0.39, 0.29) is 24.4 Å².